The van der Waals surface area contributed by atoms with Crippen molar-refractivity contribution in [2.75, 3.05) is 12.3 Å². The van der Waals surface area contributed by atoms with Crippen molar-refractivity contribution in [3.05, 3.63) is 48.6 Å². The van der Waals surface area contributed by atoms with Crippen LogP contribution in [-0.4, -0.2) is 42.4 Å². The Balaban J connectivity index is 3.68. The van der Waals surface area contributed by atoms with E-state index in [1.807, 2.05) is 18.2 Å². The van der Waals surface area contributed by atoms with Crippen LogP contribution >= 0.6 is 0 Å². The van der Waals surface area contributed by atoms with Crippen molar-refractivity contribution >= 4 is 16.0 Å². The van der Waals surface area contributed by atoms with Crippen molar-refractivity contribution < 1.29 is 22.9 Å². The Morgan fingerprint density at radius 2 is 1.55 bits per heavy atom. The average Bonchev–Trinajstić information content (AvgIpc) is 2.64. The first-order valence-electron chi connectivity index (χ1n) is 10.4. The molecule has 1 atom stereocenters. The summed E-state index contributed by atoms with van der Waals surface area (Å²) in [6.07, 6.45) is 23.7. The molecule has 166 valence electrons. The molecule has 0 saturated carbocycles. The van der Waals surface area contributed by atoms with Gasteiger partial charge in [-0.15, -0.1) is 0 Å². The molecule has 0 bridgehead atoms. The normalized spacial score (nSPS) is 13.9. The fourth-order valence-electron chi connectivity index (χ4n) is 2.53. The van der Waals surface area contributed by atoms with Gasteiger partial charge in [0.15, 0.2) is 0 Å². The summed E-state index contributed by atoms with van der Waals surface area (Å²) < 4.78 is 29.5. The Bertz CT molecular complexity index is 636. The molecule has 0 spiro atoms. The lowest BCUT2D eigenvalue weighted by molar-refractivity contribution is -0.116. The zero-order valence-corrected chi connectivity index (χ0v) is 18.3. The van der Waals surface area contributed by atoms with Gasteiger partial charge in [0.25, 0.3) is 10.1 Å². The molecule has 0 aliphatic carbocycles. The van der Waals surface area contributed by atoms with E-state index in [1.54, 1.807) is 18.2 Å². The Kier molecular flexibility index (Phi) is 17.3. The first-order valence-corrected chi connectivity index (χ1v) is 12.0. The lowest BCUT2D eigenvalue weighted by Crippen LogP contribution is -2.27. The van der Waals surface area contributed by atoms with E-state index in [0.29, 0.717) is 0 Å². The lowest BCUT2D eigenvalue weighted by Gasteiger charge is -2.09. The number of carbonyl (C=O) groups is 1. The molecule has 0 aromatic carbocycles. The van der Waals surface area contributed by atoms with E-state index in [2.05, 4.69) is 18.3 Å². The van der Waals surface area contributed by atoms with E-state index in [0.717, 1.165) is 44.9 Å². The van der Waals surface area contributed by atoms with Gasteiger partial charge in [0.2, 0.25) is 5.91 Å². The fraction of sp³-hybridized carbons (Fsp3) is 0.591. The van der Waals surface area contributed by atoms with Crippen molar-refractivity contribution in [2.45, 2.75) is 70.8 Å². The summed E-state index contributed by atoms with van der Waals surface area (Å²) in [7, 11) is -4.05. The number of aliphatic hydroxyl groups excluding tert-OH is 1. The van der Waals surface area contributed by atoms with Crippen LogP contribution in [-0.2, 0) is 14.9 Å². The first kappa shape index (κ1) is 27.3. The topological polar surface area (TPSA) is 104 Å². The number of unbranched alkanes of at least 4 members (excludes halogenated alkanes) is 5. The van der Waals surface area contributed by atoms with Crippen LogP contribution in [0.25, 0.3) is 0 Å². The molecule has 6 nitrogen and oxygen atoms in total. The van der Waals surface area contributed by atoms with Gasteiger partial charge in [0.1, 0.15) is 0 Å². The number of aliphatic hydroxyl groups is 1. The number of hydrogen-bond donors (Lipinski definition) is 3. The number of carbonyl (C=O) groups excluding carboxylic acids is 1. The molecule has 7 heteroatoms. The maximum absolute atomic E-state index is 11.4. The molecule has 0 radical (unpaired) electrons. The molecule has 0 aliphatic rings. The second-order valence-electron chi connectivity index (χ2n) is 6.92. The Hall–Kier alpha value is -1.70. The van der Waals surface area contributed by atoms with Crippen LogP contribution < -0.4 is 5.32 Å². The SMILES string of the molecule is CCCCCC(O)CCCCCC=CC=CC=CC=CC(=O)NCCS(=O)(=O)O. The quantitative estimate of drug-likeness (QED) is 0.140. The number of amides is 1. The number of nitrogens with one attached hydrogen (secondary N) is 1. The van der Waals surface area contributed by atoms with Crippen molar-refractivity contribution in [1.29, 1.82) is 0 Å². The Morgan fingerprint density at radius 3 is 2.21 bits per heavy atom. The molecule has 1 amide bonds. The highest BCUT2D eigenvalue weighted by atomic mass is 32.2. The molecule has 0 fully saturated rings. The summed E-state index contributed by atoms with van der Waals surface area (Å²) >= 11 is 0. The summed E-state index contributed by atoms with van der Waals surface area (Å²) in [4.78, 5) is 11.4. The van der Waals surface area contributed by atoms with Gasteiger partial charge in [0.05, 0.1) is 11.9 Å². The van der Waals surface area contributed by atoms with Crippen molar-refractivity contribution in [2.24, 2.45) is 0 Å². The second-order valence-corrected chi connectivity index (χ2v) is 8.49. The summed E-state index contributed by atoms with van der Waals surface area (Å²) in [6.45, 7) is 2.04. The highest BCUT2D eigenvalue weighted by Gasteiger charge is 2.04. The van der Waals surface area contributed by atoms with Gasteiger partial charge in [0, 0.05) is 12.6 Å². The predicted molar refractivity (Wildman–Crippen MR) is 119 cm³/mol. The molecular weight excluding hydrogens is 390 g/mol. The van der Waals surface area contributed by atoms with Crippen molar-refractivity contribution in [3.63, 3.8) is 0 Å². The Morgan fingerprint density at radius 1 is 0.931 bits per heavy atom. The molecular formula is C22H37NO5S. The van der Waals surface area contributed by atoms with Crippen LogP contribution in [0.3, 0.4) is 0 Å². The van der Waals surface area contributed by atoms with Gasteiger partial charge in [-0.25, -0.2) is 0 Å². The van der Waals surface area contributed by atoms with Gasteiger partial charge >= 0.3 is 0 Å². The van der Waals surface area contributed by atoms with Crippen LogP contribution in [0.5, 0.6) is 0 Å². The van der Waals surface area contributed by atoms with Gasteiger partial charge in [-0.1, -0.05) is 81.6 Å². The highest BCUT2D eigenvalue weighted by molar-refractivity contribution is 7.85. The van der Waals surface area contributed by atoms with E-state index in [4.69, 9.17) is 4.55 Å². The van der Waals surface area contributed by atoms with Crippen LogP contribution in [0.4, 0.5) is 0 Å². The van der Waals surface area contributed by atoms with E-state index in [1.165, 1.54) is 18.9 Å². The summed E-state index contributed by atoms with van der Waals surface area (Å²) in [6, 6.07) is 0. The molecule has 0 heterocycles. The number of rotatable bonds is 17. The van der Waals surface area contributed by atoms with Gasteiger partial charge in [-0.3, -0.25) is 9.35 Å². The van der Waals surface area contributed by atoms with Crippen LogP contribution in [0.15, 0.2) is 48.6 Å². The zero-order valence-electron chi connectivity index (χ0n) is 17.5. The van der Waals surface area contributed by atoms with E-state index in [-0.39, 0.29) is 12.6 Å². The Labute approximate surface area is 176 Å². The third kappa shape index (κ3) is 22.5. The number of allylic oxidation sites excluding steroid dienone is 7. The third-order valence-electron chi connectivity index (χ3n) is 4.15. The smallest absolute Gasteiger partial charge is 0.266 e. The summed E-state index contributed by atoms with van der Waals surface area (Å²) in [5, 5.41) is 12.2. The minimum absolute atomic E-state index is 0.129. The predicted octanol–water partition coefficient (Wildman–Crippen LogP) is 4.11. The maximum Gasteiger partial charge on any atom is 0.266 e. The molecule has 1 unspecified atom stereocenters. The zero-order chi connectivity index (χ0) is 21.8. The molecule has 0 aromatic rings. The first-order chi connectivity index (χ1) is 13.8. The monoisotopic (exact) mass is 427 g/mol. The molecule has 0 aliphatic heterocycles. The standard InChI is InChI=1S/C22H37NO5S/c1-2-3-13-16-21(24)17-14-11-9-7-5-4-6-8-10-12-15-18-22(25)23-19-20-29(26,27)28/h4-6,8,10,12,15,18,21,24H,2-3,7,9,11,13-14,16-17,19-20H2,1H3,(H,23,25)(H,26,27,28). The second kappa shape index (κ2) is 18.3. The summed E-state index contributed by atoms with van der Waals surface area (Å²) in [5.41, 5.74) is 0. The van der Waals surface area contributed by atoms with Crippen molar-refractivity contribution in [3.8, 4) is 0 Å². The minimum Gasteiger partial charge on any atom is -0.393 e. The fourth-order valence-corrected chi connectivity index (χ4v) is 2.89. The van der Waals surface area contributed by atoms with Crippen molar-refractivity contribution in [1.82, 2.24) is 5.32 Å². The van der Waals surface area contributed by atoms with Crippen LogP contribution in [0.1, 0.15) is 64.7 Å². The minimum atomic E-state index is -4.05. The third-order valence-corrected chi connectivity index (χ3v) is 4.87. The summed E-state index contributed by atoms with van der Waals surface area (Å²) in [5.74, 6) is -0.922. The van der Waals surface area contributed by atoms with Crippen LogP contribution in [0, 0.1) is 0 Å². The maximum atomic E-state index is 11.4. The molecule has 0 aromatic heterocycles. The largest absolute Gasteiger partial charge is 0.393 e. The van der Waals surface area contributed by atoms with Gasteiger partial charge < -0.3 is 10.4 Å². The van der Waals surface area contributed by atoms with E-state index < -0.39 is 21.8 Å². The molecule has 0 saturated heterocycles. The van der Waals surface area contributed by atoms with E-state index in [9.17, 15) is 18.3 Å². The lowest BCUT2D eigenvalue weighted by atomic mass is 10.0. The molecule has 0 rings (SSSR count). The number of hydrogen-bond acceptors (Lipinski definition) is 4. The van der Waals surface area contributed by atoms with Gasteiger partial charge in [-0.2, -0.15) is 8.42 Å². The van der Waals surface area contributed by atoms with E-state index >= 15 is 0 Å². The molecule has 3 N–H and O–H groups in total. The van der Waals surface area contributed by atoms with Crippen LogP contribution in [0.2, 0.25) is 0 Å². The average molecular weight is 428 g/mol. The highest BCUT2D eigenvalue weighted by Crippen LogP contribution is 2.11. The van der Waals surface area contributed by atoms with Gasteiger partial charge in [-0.05, 0) is 25.7 Å². The molecule has 29 heavy (non-hydrogen) atoms.